The Hall–Kier alpha value is -2.41. The molecule has 1 aliphatic rings. The molecular formula is C18H17BrN4O2. The lowest BCUT2D eigenvalue weighted by Crippen LogP contribution is -2.44. The summed E-state index contributed by atoms with van der Waals surface area (Å²) in [7, 11) is 0. The second-order valence-electron chi connectivity index (χ2n) is 6.08. The Morgan fingerprint density at radius 2 is 2.12 bits per heavy atom. The molecule has 6 nitrogen and oxygen atoms in total. The fourth-order valence-electron chi connectivity index (χ4n) is 3.08. The lowest BCUT2D eigenvalue weighted by atomic mass is 10.1. The molecule has 4 rings (SSSR count). The number of aromatic nitrogens is 3. The van der Waals surface area contributed by atoms with Gasteiger partial charge in [-0.2, -0.15) is 0 Å². The van der Waals surface area contributed by atoms with Gasteiger partial charge in [-0.3, -0.25) is 4.79 Å². The van der Waals surface area contributed by atoms with Crippen LogP contribution in [-0.2, 0) is 0 Å². The summed E-state index contributed by atoms with van der Waals surface area (Å²) in [4.78, 5) is 23.0. The molecule has 0 aromatic carbocycles. The molecule has 1 aliphatic heterocycles. The van der Waals surface area contributed by atoms with Crippen molar-refractivity contribution >= 4 is 27.4 Å². The van der Waals surface area contributed by atoms with E-state index in [1.165, 1.54) is 0 Å². The minimum Gasteiger partial charge on any atom is -0.458 e. The van der Waals surface area contributed by atoms with E-state index in [1.807, 2.05) is 46.0 Å². The predicted molar refractivity (Wildman–Crippen MR) is 96.7 cm³/mol. The molecule has 1 unspecified atom stereocenters. The molecular weight excluding hydrogens is 384 g/mol. The first-order valence-electron chi connectivity index (χ1n) is 8.19. The van der Waals surface area contributed by atoms with Gasteiger partial charge in [0.15, 0.2) is 0 Å². The van der Waals surface area contributed by atoms with E-state index in [9.17, 15) is 4.79 Å². The highest BCUT2D eigenvalue weighted by Crippen LogP contribution is 2.19. The first kappa shape index (κ1) is 16.1. The summed E-state index contributed by atoms with van der Waals surface area (Å²) in [6.45, 7) is 1.29. The smallest absolute Gasteiger partial charge is 0.316 e. The van der Waals surface area contributed by atoms with Crippen molar-refractivity contribution in [3.05, 3.63) is 59.1 Å². The van der Waals surface area contributed by atoms with Crippen LogP contribution in [0.3, 0.4) is 0 Å². The van der Waals surface area contributed by atoms with Crippen LogP contribution in [0.4, 0.5) is 0 Å². The van der Waals surface area contributed by atoms with E-state index in [0.717, 1.165) is 29.4 Å². The van der Waals surface area contributed by atoms with Gasteiger partial charge in [0.05, 0.1) is 16.6 Å². The van der Waals surface area contributed by atoms with Gasteiger partial charge < -0.3 is 14.0 Å². The maximum absolute atomic E-state index is 12.8. The molecule has 0 radical (unpaired) electrons. The molecule has 3 aromatic heterocycles. The summed E-state index contributed by atoms with van der Waals surface area (Å²) in [5, 5.41) is 0. The number of halogens is 1. The molecule has 4 heterocycles. The number of carbonyl (C=O) groups is 1. The number of carbonyl (C=O) groups excluding carboxylic acids is 1. The molecule has 0 spiro atoms. The first-order valence-corrected chi connectivity index (χ1v) is 8.98. The standard InChI is InChI=1S/C18H17BrN4O2/c19-14-9-20-18(21-10-14)25-16-5-3-7-23(12-16)17(24)13-8-15-4-1-2-6-22(15)11-13/h1-2,4,6,8-11,16H,3,5,7,12H2. The predicted octanol–water partition coefficient (Wildman–Crippen LogP) is 3.18. The van der Waals surface area contributed by atoms with Crippen LogP contribution in [0.5, 0.6) is 6.01 Å². The SMILES string of the molecule is O=C(c1cc2ccccn2c1)N1CCCC(Oc2ncc(Br)cn2)C1. The average Bonchev–Trinajstić information content (AvgIpc) is 3.07. The Morgan fingerprint density at radius 1 is 1.28 bits per heavy atom. The van der Waals surface area contributed by atoms with E-state index in [1.54, 1.807) is 12.4 Å². The van der Waals surface area contributed by atoms with Crippen molar-refractivity contribution < 1.29 is 9.53 Å². The molecule has 1 fully saturated rings. The Balaban J connectivity index is 1.46. The number of ether oxygens (including phenoxy) is 1. The zero-order valence-electron chi connectivity index (χ0n) is 13.5. The lowest BCUT2D eigenvalue weighted by Gasteiger charge is -2.32. The van der Waals surface area contributed by atoms with Gasteiger partial charge in [-0.15, -0.1) is 0 Å². The minimum absolute atomic E-state index is 0.0359. The fraction of sp³-hybridized carbons (Fsp3) is 0.278. The quantitative estimate of drug-likeness (QED) is 0.677. The van der Waals surface area contributed by atoms with Gasteiger partial charge >= 0.3 is 6.01 Å². The monoisotopic (exact) mass is 400 g/mol. The zero-order chi connectivity index (χ0) is 17.2. The maximum atomic E-state index is 12.8. The molecule has 0 saturated carbocycles. The first-order chi connectivity index (χ1) is 12.2. The maximum Gasteiger partial charge on any atom is 0.316 e. The van der Waals surface area contributed by atoms with Crippen LogP contribution >= 0.6 is 15.9 Å². The van der Waals surface area contributed by atoms with Gasteiger partial charge in [0.1, 0.15) is 6.10 Å². The highest BCUT2D eigenvalue weighted by atomic mass is 79.9. The molecule has 25 heavy (non-hydrogen) atoms. The van der Waals surface area contributed by atoms with Crippen molar-refractivity contribution in [2.75, 3.05) is 13.1 Å². The van der Waals surface area contributed by atoms with Crippen LogP contribution in [0.25, 0.3) is 5.52 Å². The molecule has 0 N–H and O–H groups in total. The Kier molecular flexibility index (Phi) is 4.40. The average molecular weight is 401 g/mol. The number of hydrogen-bond acceptors (Lipinski definition) is 4. The molecule has 3 aromatic rings. The third kappa shape index (κ3) is 3.51. The summed E-state index contributed by atoms with van der Waals surface area (Å²) >= 11 is 3.30. The second kappa shape index (κ2) is 6.84. The van der Waals surface area contributed by atoms with Gasteiger partial charge in [0.2, 0.25) is 0 Å². The zero-order valence-corrected chi connectivity index (χ0v) is 15.1. The van der Waals surface area contributed by atoms with Crippen LogP contribution in [0.15, 0.2) is 53.5 Å². The van der Waals surface area contributed by atoms with Crippen molar-refractivity contribution in [3.63, 3.8) is 0 Å². The largest absolute Gasteiger partial charge is 0.458 e. The number of piperidine rings is 1. The number of rotatable bonds is 3. The molecule has 0 aliphatic carbocycles. The topological polar surface area (TPSA) is 59.7 Å². The molecule has 1 saturated heterocycles. The third-order valence-corrected chi connectivity index (χ3v) is 4.69. The highest BCUT2D eigenvalue weighted by molar-refractivity contribution is 9.10. The Morgan fingerprint density at radius 3 is 2.92 bits per heavy atom. The lowest BCUT2D eigenvalue weighted by molar-refractivity contribution is 0.0516. The van der Waals surface area contributed by atoms with Crippen LogP contribution in [0.1, 0.15) is 23.2 Å². The highest BCUT2D eigenvalue weighted by Gasteiger charge is 2.26. The van der Waals surface area contributed by atoms with Crippen molar-refractivity contribution in [2.45, 2.75) is 18.9 Å². The van der Waals surface area contributed by atoms with Crippen molar-refractivity contribution in [1.29, 1.82) is 0 Å². The number of pyridine rings is 1. The second-order valence-corrected chi connectivity index (χ2v) is 6.99. The Bertz CT molecular complexity index is 860. The number of likely N-dealkylation sites (tertiary alicyclic amines) is 1. The van der Waals surface area contributed by atoms with E-state index in [4.69, 9.17) is 4.74 Å². The van der Waals surface area contributed by atoms with Crippen LogP contribution in [-0.4, -0.2) is 44.4 Å². The van der Waals surface area contributed by atoms with Gasteiger partial charge in [-0.25, -0.2) is 9.97 Å². The molecule has 7 heteroatoms. The summed E-state index contributed by atoms with van der Waals surface area (Å²) in [6, 6.07) is 8.17. The van der Waals surface area contributed by atoms with Crippen molar-refractivity contribution in [3.8, 4) is 6.01 Å². The Labute approximate surface area is 153 Å². The van der Waals surface area contributed by atoms with E-state index in [-0.39, 0.29) is 12.0 Å². The number of nitrogens with zero attached hydrogens (tertiary/aromatic N) is 4. The molecule has 1 amide bonds. The number of amides is 1. The van der Waals surface area contributed by atoms with Gasteiger partial charge in [-0.05, 0) is 47.0 Å². The summed E-state index contributed by atoms with van der Waals surface area (Å²) in [5.41, 5.74) is 1.71. The molecule has 1 atom stereocenters. The van der Waals surface area contributed by atoms with Crippen LogP contribution in [0.2, 0.25) is 0 Å². The molecule has 0 bridgehead atoms. The van der Waals surface area contributed by atoms with Gasteiger partial charge in [0, 0.05) is 36.8 Å². The van der Waals surface area contributed by atoms with Crippen molar-refractivity contribution in [1.82, 2.24) is 19.3 Å². The fourth-order valence-corrected chi connectivity index (χ4v) is 3.29. The van der Waals surface area contributed by atoms with Crippen molar-refractivity contribution in [2.24, 2.45) is 0 Å². The summed E-state index contributed by atoms with van der Waals surface area (Å²) in [6.07, 6.45) is 8.83. The van der Waals surface area contributed by atoms with Gasteiger partial charge in [0.25, 0.3) is 5.91 Å². The number of hydrogen-bond donors (Lipinski definition) is 0. The summed E-state index contributed by atoms with van der Waals surface area (Å²) < 4.78 is 8.61. The van der Waals surface area contributed by atoms with E-state index in [0.29, 0.717) is 18.1 Å². The summed E-state index contributed by atoms with van der Waals surface area (Å²) in [5.74, 6) is 0.0359. The molecule has 128 valence electrons. The third-order valence-electron chi connectivity index (χ3n) is 4.29. The van der Waals surface area contributed by atoms with Crippen LogP contribution in [0, 0.1) is 0 Å². The number of fused-ring (bicyclic) bond motifs is 1. The van der Waals surface area contributed by atoms with E-state index >= 15 is 0 Å². The minimum atomic E-state index is -0.0871. The normalized spacial score (nSPS) is 17.6. The van der Waals surface area contributed by atoms with Crippen LogP contribution < -0.4 is 4.74 Å². The van der Waals surface area contributed by atoms with E-state index < -0.39 is 0 Å². The van der Waals surface area contributed by atoms with E-state index in [2.05, 4.69) is 25.9 Å². The van der Waals surface area contributed by atoms with Gasteiger partial charge in [-0.1, -0.05) is 6.07 Å².